The zero-order chi connectivity index (χ0) is 11.7. The maximum Gasteiger partial charge on any atom is 0.272 e. The van der Waals surface area contributed by atoms with Crippen LogP contribution >= 0.6 is 15.9 Å². The average Bonchev–Trinajstić information content (AvgIpc) is 2.67. The Morgan fingerprint density at radius 1 is 1.62 bits per heavy atom. The largest absolute Gasteiger partial charge is 0.336 e. The van der Waals surface area contributed by atoms with Gasteiger partial charge in [0, 0.05) is 31.2 Å². The molecule has 4 nitrogen and oxygen atoms in total. The summed E-state index contributed by atoms with van der Waals surface area (Å²) in [5.74, 6) is 0.715. The van der Waals surface area contributed by atoms with E-state index in [4.69, 9.17) is 0 Å². The van der Waals surface area contributed by atoms with Gasteiger partial charge in [-0.15, -0.1) is 0 Å². The third kappa shape index (κ3) is 2.14. The van der Waals surface area contributed by atoms with E-state index in [0.29, 0.717) is 16.4 Å². The maximum absolute atomic E-state index is 12.2. The van der Waals surface area contributed by atoms with Crippen LogP contribution in [0.1, 0.15) is 23.8 Å². The van der Waals surface area contributed by atoms with Crippen LogP contribution in [0.15, 0.2) is 12.3 Å². The van der Waals surface area contributed by atoms with Crippen LogP contribution in [-0.2, 0) is 7.05 Å². The monoisotopic (exact) mass is 285 g/mol. The van der Waals surface area contributed by atoms with Crippen LogP contribution in [0.25, 0.3) is 0 Å². The first kappa shape index (κ1) is 11.6. The van der Waals surface area contributed by atoms with Crippen molar-refractivity contribution in [3.05, 3.63) is 18.0 Å². The summed E-state index contributed by atoms with van der Waals surface area (Å²) in [5, 5.41) is 4.02. The molecule has 1 aromatic heterocycles. The number of likely N-dealkylation sites (tertiary alicyclic amines) is 1. The topological polar surface area (TPSA) is 38.1 Å². The fourth-order valence-corrected chi connectivity index (χ4v) is 2.57. The molecule has 1 aliphatic rings. The van der Waals surface area contributed by atoms with E-state index in [1.165, 1.54) is 0 Å². The molecule has 2 atom stereocenters. The number of carbonyl (C=O) groups excluding carboxylic acids is 1. The van der Waals surface area contributed by atoms with E-state index in [2.05, 4.69) is 28.0 Å². The summed E-state index contributed by atoms with van der Waals surface area (Å²) in [6, 6.07) is 1.77. The normalized spacial score (nSPS) is 25.8. The van der Waals surface area contributed by atoms with Crippen molar-refractivity contribution < 1.29 is 4.79 Å². The predicted octanol–water partition coefficient (Wildman–Crippen LogP) is 1.67. The summed E-state index contributed by atoms with van der Waals surface area (Å²) in [5.41, 5.74) is 0.661. The van der Waals surface area contributed by atoms with Crippen LogP contribution < -0.4 is 0 Å². The Hall–Kier alpha value is -0.840. The molecule has 2 heterocycles. The molecule has 88 valence electrons. The van der Waals surface area contributed by atoms with Gasteiger partial charge in [0.1, 0.15) is 5.69 Å². The first-order chi connectivity index (χ1) is 7.59. The van der Waals surface area contributed by atoms with E-state index in [1.54, 1.807) is 24.0 Å². The molecule has 1 amide bonds. The predicted molar refractivity (Wildman–Crippen MR) is 65.6 cm³/mol. The van der Waals surface area contributed by atoms with Crippen molar-refractivity contribution in [1.82, 2.24) is 14.7 Å². The Balaban J connectivity index is 2.09. The van der Waals surface area contributed by atoms with Crippen molar-refractivity contribution >= 4 is 21.8 Å². The highest BCUT2D eigenvalue weighted by atomic mass is 79.9. The molecule has 1 fully saturated rings. The fourth-order valence-electron chi connectivity index (χ4n) is 1.95. The second kappa shape index (κ2) is 4.57. The number of rotatable bonds is 1. The molecule has 2 rings (SSSR count). The Labute approximate surface area is 104 Å². The quantitative estimate of drug-likeness (QED) is 0.736. The Morgan fingerprint density at radius 3 is 2.94 bits per heavy atom. The molecule has 5 heteroatoms. The Bertz CT molecular complexity index is 390. The standard InChI is InChI=1S/C11H16BrN3O/c1-8-4-6-15(7-9(8)12)11(16)10-3-5-13-14(10)2/h3,5,8-9H,4,6-7H2,1-2H3. The third-order valence-electron chi connectivity index (χ3n) is 3.19. The Morgan fingerprint density at radius 2 is 2.38 bits per heavy atom. The van der Waals surface area contributed by atoms with Crippen molar-refractivity contribution in [2.45, 2.75) is 18.2 Å². The number of hydrogen-bond acceptors (Lipinski definition) is 2. The molecule has 0 aliphatic carbocycles. The van der Waals surface area contributed by atoms with Crippen LogP contribution in [-0.4, -0.2) is 38.5 Å². The lowest BCUT2D eigenvalue weighted by molar-refractivity contribution is 0.0695. The van der Waals surface area contributed by atoms with Gasteiger partial charge in [0.15, 0.2) is 0 Å². The second-order valence-electron chi connectivity index (χ2n) is 4.37. The van der Waals surface area contributed by atoms with E-state index >= 15 is 0 Å². The zero-order valence-corrected chi connectivity index (χ0v) is 11.1. The molecular formula is C11H16BrN3O. The molecule has 16 heavy (non-hydrogen) atoms. The SMILES string of the molecule is CC1CCN(C(=O)c2ccnn2C)CC1Br. The fraction of sp³-hybridized carbons (Fsp3) is 0.636. The van der Waals surface area contributed by atoms with Gasteiger partial charge < -0.3 is 4.90 Å². The molecule has 0 bridgehead atoms. The van der Waals surface area contributed by atoms with Gasteiger partial charge in [0.05, 0.1) is 0 Å². The van der Waals surface area contributed by atoms with Gasteiger partial charge in [-0.3, -0.25) is 9.48 Å². The lowest BCUT2D eigenvalue weighted by Crippen LogP contribution is -2.44. The minimum Gasteiger partial charge on any atom is -0.336 e. The Kier molecular flexibility index (Phi) is 3.33. The van der Waals surface area contributed by atoms with Crippen LogP contribution in [0.3, 0.4) is 0 Å². The highest BCUT2D eigenvalue weighted by Gasteiger charge is 2.28. The summed E-state index contributed by atoms with van der Waals surface area (Å²) in [6.07, 6.45) is 2.71. The van der Waals surface area contributed by atoms with Crippen molar-refractivity contribution in [1.29, 1.82) is 0 Å². The zero-order valence-electron chi connectivity index (χ0n) is 9.56. The number of aryl methyl sites for hydroxylation is 1. The number of carbonyl (C=O) groups is 1. The third-order valence-corrected chi connectivity index (χ3v) is 4.39. The summed E-state index contributed by atoms with van der Waals surface area (Å²) in [4.78, 5) is 14.5. The number of nitrogens with zero attached hydrogens (tertiary/aromatic N) is 3. The highest BCUT2D eigenvalue weighted by Crippen LogP contribution is 2.24. The van der Waals surface area contributed by atoms with Gasteiger partial charge >= 0.3 is 0 Å². The molecule has 0 spiro atoms. The summed E-state index contributed by atoms with van der Waals surface area (Å²) < 4.78 is 1.63. The molecule has 0 saturated carbocycles. The van der Waals surface area contributed by atoms with Crippen molar-refractivity contribution in [2.24, 2.45) is 13.0 Å². The number of hydrogen-bond donors (Lipinski definition) is 0. The van der Waals surface area contributed by atoms with Crippen LogP contribution in [0.2, 0.25) is 0 Å². The van der Waals surface area contributed by atoms with Gasteiger partial charge in [0.25, 0.3) is 5.91 Å². The summed E-state index contributed by atoms with van der Waals surface area (Å²) >= 11 is 3.63. The average molecular weight is 286 g/mol. The molecule has 1 aliphatic heterocycles. The van der Waals surface area contributed by atoms with E-state index in [-0.39, 0.29) is 5.91 Å². The van der Waals surface area contributed by atoms with E-state index in [0.717, 1.165) is 19.5 Å². The van der Waals surface area contributed by atoms with E-state index in [9.17, 15) is 4.79 Å². The van der Waals surface area contributed by atoms with Gasteiger partial charge in [-0.25, -0.2) is 0 Å². The summed E-state index contributed by atoms with van der Waals surface area (Å²) in [7, 11) is 1.80. The van der Waals surface area contributed by atoms with Gasteiger partial charge in [-0.2, -0.15) is 5.10 Å². The van der Waals surface area contributed by atoms with Crippen LogP contribution in [0.4, 0.5) is 0 Å². The highest BCUT2D eigenvalue weighted by molar-refractivity contribution is 9.09. The molecule has 0 aromatic carbocycles. The van der Waals surface area contributed by atoms with Crippen molar-refractivity contribution in [3.63, 3.8) is 0 Å². The number of aromatic nitrogens is 2. The van der Waals surface area contributed by atoms with Gasteiger partial charge in [-0.1, -0.05) is 22.9 Å². The lowest BCUT2D eigenvalue weighted by Gasteiger charge is -2.34. The number of halogens is 1. The summed E-state index contributed by atoms with van der Waals surface area (Å²) in [6.45, 7) is 3.84. The minimum absolute atomic E-state index is 0.0800. The molecular weight excluding hydrogens is 270 g/mol. The number of piperidine rings is 1. The van der Waals surface area contributed by atoms with Crippen molar-refractivity contribution in [3.8, 4) is 0 Å². The molecule has 2 unspecified atom stereocenters. The number of amides is 1. The van der Waals surface area contributed by atoms with Crippen LogP contribution in [0, 0.1) is 5.92 Å². The van der Waals surface area contributed by atoms with Crippen LogP contribution in [0.5, 0.6) is 0 Å². The first-order valence-corrected chi connectivity index (χ1v) is 6.42. The van der Waals surface area contributed by atoms with Crippen molar-refractivity contribution in [2.75, 3.05) is 13.1 Å². The number of alkyl halides is 1. The maximum atomic E-state index is 12.2. The smallest absolute Gasteiger partial charge is 0.272 e. The molecule has 1 saturated heterocycles. The second-order valence-corrected chi connectivity index (χ2v) is 5.55. The van der Waals surface area contributed by atoms with Gasteiger partial charge in [0.2, 0.25) is 0 Å². The minimum atomic E-state index is 0.0800. The van der Waals surface area contributed by atoms with E-state index < -0.39 is 0 Å². The van der Waals surface area contributed by atoms with Gasteiger partial charge in [-0.05, 0) is 18.4 Å². The molecule has 1 aromatic rings. The van der Waals surface area contributed by atoms with E-state index in [1.807, 2.05) is 4.90 Å². The molecule has 0 N–H and O–H groups in total. The molecule has 0 radical (unpaired) electrons. The first-order valence-electron chi connectivity index (χ1n) is 5.51. The lowest BCUT2D eigenvalue weighted by atomic mass is 9.99.